The van der Waals surface area contributed by atoms with Crippen molar-refractivity contribution < 1.29 is 58.9 Å². The molecule has 2 aromatic heterocycles. The highest BCUT2D eigenvalue weighted by molar-refractivity contribution is 6.31. The fraction of sp³-hybridized carbons (Fsp3) is 0.614. The highest BCUT2D eigenvalue weighted by Gasteiger charge is 2.49. The number of rotatable bonds is 31. The number of hydrogen-bond donors (Lipinski definition) is 9. The maximum atomic E-state index is 14.2. The molecule has 3 aliphatic rings. The molecule has 1 fully saturated rings. The van der Waals surface area contributed by atoms with Gasteiger partial charge in [-0.1, -0.05) is 127 Å². The van der Waals surface area contributed by atoms with Gasteiger partial charge in [0, 0.05) is 66.7 Å². The normalized spacial score (nSPS) is 21.4. The van der Waals surface area contributed by atoms with Crippen molar-refractivity contribution in [2.45, 2.75) is 211 Å². The second kappa shape index (κ2) is 28.7. The van der Waals surface area contributed by atoms with Crippen molar-refractivity contribution in [2.75, 3.05) is 13.7 Å². The number of ether oxygens (including phenoxy) is 3. The van der Waals surface area contributed by atoms with Crippen molar-refractivity contribution in [1.82, 2.24) is 35.6 Å². The molecule has 3 heterocycles. The summed E-state index contributed by atoms with van der Waals surface area (Å²) in [5.74, 6) is -3.47. The Hall–Kier alpha value is -6.10. The quantitative estimate of drug-likeness (QED) is 0.0135. The average molecular weight is 1080 g/mol. The molecular formula is C57H81N9O12. The molecule has 1 aliphatic heterocycles. The van der Waals surface area contributed by atoms with Gasteiger partial charge in [-0.3, -0.25) is 24.2 Å². The van der Waals surface area contributed by atoms with Gasteiger partial charge >= 0.3 is 0 Å². The number of fused-ring (bicyclic) bond motifs is 3. The third-order valence-corrected chi connectivity index (χ3v) is 15.4. The van der Waals surface area contributed by atoms with Crippen LogP contribution in [0.15, 0.2) is 41.9 Å². The fourth-order valence-electron chi connectivity index (χ4n) is 11.0. The number of hydrogen-bond acceptors (Lipinski definition) is 17. The van der Waals surface area contributed by atoms with Gasteiger partial charge in [-0.05, 0) is 19.4 Å². The zero-order valence-electron chi connectivity index (χ0n) is 45.5. The number of nitrogens with zero attached hydrogens (tertiary/aromatic N) is 5. The fourth-order valence-corrected chi connectivity index (χ4v) is 11.0. The van der Waals surface area contributed by atoms with E-state index in [2.05, 4.69) is 42.8 Å². The number of nitrogens with two attached hydrogens (primary N) is 1. The number of carbonyl (C=O) groups excluding carboxylic acids is 4. The van der Waals surface area contributed by atoms with Gasteiger partial charge < -0.3 is 61.1 Å². The number of imidazole rings is 1. The van der Waals surface area contributed by atoms with Crippen LogP contribution in [0.25, 0.3) is 0 Å². The van der Waals surface area contributed by atoms with Crippen molar-refractivity contribution in [3.8, 4) is 17.2 Å². The van der Waals surface area contributed by atoms with Gasteiger partial charge in [-0.2, -0.15) is 0 Å². The van der Waals surface area contributed by atoms with Crippen LogP contribution < -0.4 is 21.1 Å². The topological polar surface area (TPSA) is 319 Å². The lowest BCUT2D eigenvalue weighted by Crippen LogP contribution is -2.53. The number of amides is 2. The first-order chi connectivity index (χ1) is 37.7. The van der Waals surface area contributed by atoms with Crippen LogP contribution in [0.1, 0.15) is 203 Å². The number of carbonyl (C=O) groups is 4. The van der Waals surface area contributed by atoms with Gasteiger partial charge in [-0.25, -0.2) is 9.67 Å². The SMILES string of the molecule is CCCCCCCCCCCCCCCCCCCC(=O)NC(Cc1cnc[nH]1)C(=O)NCc1cn(CN=C(CO)C2(O)Cc3c(O)c4c(c(O)c3C(OC3CC(N)C(O)C(C)O3)C2)C(=O)c2c(OC)cccc2C4=O)nn1. The number of ketones is 2. The number of unbranched alkanes of at least 4 members (excludes halogenated alkanes) is 16. The van der Waals surface area contributed by atoms with Crippen LogP contribution >= 0.6 is 0 Å². The largest absolute Gasteiger partial charge is 0.507 e. The smallest absolute Gasteiger partial charge is 0.243 e. The Balaban J connectivity index is 0.949. The number of aromatic amines is 1. The van der Waals surface area contributed by atoms with E-state index >= 15 is 0 Å². The molecule has 7 unspecified atom stereocenters. The number of aromatic hydroxyl groups is 2. The highest BCUT2D eigenvalue weighted by Crippen LogP contribution is 2.52. The number of aliphatic imine (C=N–C) groups is 1. The van der Waals surface area contributed by atoms with Crippen molar-refractivity contribution in [3.05, 3.63) is 81.7 Å². The van der Waals surface area contributed by atoms with Crippen LogP contribution in [0.3, 0.4) is 0 Å². The zero-order chi connectivity index (χ0) is 55.8. The molecule has 2 aliphatic carbocycles. The lowest BCUT2D eigenvalue weighted by atomic mass is 9.71. The molecule has 7 atom stereocenters. The first-order valence-corrected chi connectivity index (χ1v) is 28.1. The average Bonchev–Trinajstić information content (AvgIpc) is 4.21. The Kier molecular flexibility index (Phi) is 21.9. The van der Waals surface area contributed by atoms with Crippen LogP contribution in [-0.2, 0) is 45.1 Å². The molecule has 0 saturated carbocycles. The second-order valence-electron chi connectivity index (χ2n) is 21.3. The third-order valence-electron chi connectivity index (χ3n) is 15.4. The molecule has 2 aromatic carbocycles. The molecule has 0 bridgehead atoms. The molecule has 78 heavy (non-hydrogen) atoms. The van der Waals surface area contributed by atoms with Crippen LogP contribution in [0.2, 0.25) is 0 Å². The minimum absolute atomic E-state index is 0.00927. The van der Waals surface area contributed by atoms with Gasteiger partial charge in [-0.15, -0.1) is 5.10 Å². The molecule has 1 saturated heterocycles. The van der Waals surface area contributed by atoms with E-state index in [-0.39, 0.29) is 65.7 Å². The molecule has 2 amide bonds. The molecule has 21 heteroatoms. The van der Waals surface area contributed by atoms with Gasteiger partial charge in [0.1, 0.15) is 41.3 Å². The van der Waals surface area contributed by atoms with Crippen molar-refractivity contribution in [3.63, 3.8) is 0 Å². The van der Waals surface area contributed by atoms with Gasteiger partial charge in [0.25, 0.3) is 0 Å². The summed E-state index contributed by atoms with van der Waals surface area (Å²) in [5, 5.41) is 71.8. The van der Waals surface area contributed by atoms with E-state index in [1.54, 1.807) is 13.1 Å². The summed E-state index contributed by atoms with van der Waals surface area (Å²) in [4.78, 5) is 66.5. The van der Waals surface area contributed by atoms with E-state index in [1.807, 2.05) is 0 Å². The van der Waals surface area contributed by atoms with E-state index in [0.29, 0.717) is 17.8 Å². The number of aliphatic hydroxyl groups is 3. The Morgan fingerprint density at radius 1 is 0.949 bits per heavy atom. The number of H-pyrrole nitrogens is 1. The molecule has 0 radical (unpaired) electrons. The van der Waals surface area contributed by atoms with Crippen LogP contribution in [0.4, 0.5) is 0 Å². The van der Waals surface area contributed by atoms with E-state index in [9.17, 15) is 44.7 Å². The van der Waals surface area contributed by atoms with Crippen LogP contribution in [0.5, 0.6) is 17.2 Å². The molecule has 426 valence electrons. The van der Waals surface area contributed by atoms with Crippen LogP contribution in [0, 0.1) is 0 Å². The molecule has 10 N–H and O–H groups in total. The van der Waals surface area contributed by atoms with Gasteiger partial charge in [0.2, 0.25) is 17.6 Å². The summed E-state index contributed by atoms with van der Waals surface area (Å²) in [6.45, 7) is 2.72. The molecule has 7 rings (SSSR count). The summed E-state index contributed by atoms with van der Waals surface area (Å²) in [6.07, 6.45) is 21.1. The monoisotopic (exact) mass is 1080 g/mol. The maximum absolute atomic E-state index is 14.2. The number of aromatic nitrogens is 5. The number of aliphatic hydroxyl groups excluding tert-OH is 2. The first kappa shape index (κ1) is 59.6. The highest BCUT2D eigenvalue weighted by atomic mass is 16.7. The van der Waals surface area contributed by atoms with E-state index in [4.69, 9.17) is 19.9 Å². The molecule has 4 aromatic rings. The van der Waals surface area contributed by atoms with Gasteiger partial charge in [0.15, 0.2) is 12.1 Å². The predicted molar refractivity (Wildman–Crippen MR) is 289 cm³/mol. The number of methoxy groups -OCH3 is 1. The minimum atomic E-state index is -2.10. The van der Waals surface area contributed by atoms with Gasteiger partial charge in [0.05, 0.1) is 73.5 Å². The lowest BCUT2D eigenvalue weighted by molar-refractivity contribution is -0.245. The van der Waals surface area contributed by atoms with Crippen molar-refractivity contribution in [1.29, 1.82) is 0 Å². The Bertz CT molecular complexity index is 2660. The maximum Gasteiger partial charge on any atom is 0.243 e. The number of benzene rings is 2. The second-order valence-corrected chi connectivity index (χ2v) is 21.3. The third kappa shape index (κ3) is 15.0. The molecule has 21 nitrogen and oxygen atoms in total. The standard InChI is InChI=1S/C57H81N9O12/c1-4-5-6-7-8-9-10-11-12-13-14-15-16-17-18-19-20-24-45(68)63-41(25-36-29-59-33-61-36)56(74)60-30-37-31-66(65-64-37)34-62-44(32-67)57(75)27-39-48(43(28-57)78-46-26-40(58)51(69)35(2)77-46)55(73)50-49(53(39)71)52(70)38-22-21-23-42(76-3)47(38)54(50)72/h21-23,29,31,33,35,40-41,43,46,51,67,69,71,73,75H,4-20,24-28,30,32,34,58H2,1-3H3,(H,59,61)(H,60,74)(H,63,68). The summed E-state index contributed by atoms with van der Waals surface area (Å²) in [7, 11) is 1.33. The Morgan fingerprint density at radius 2 is 1.60 bits per heavy atom. The molecular weight excluding hydrogens is 1000 g/mol. The summed E-state index contributed by atoms with van der Waals surface area (Å²) in [5.41, 5.74) is 3.60. The molecule has 0 spiro atoms. The van der Waals surface area contributed by atoms with E-state index in [0.717, 1.165) is 25.7 Å². The number of phenolic OH excluding ortho intramolecular Hbond substituents is 2. The summed E-state index contributed by atoms with van der Waals surface area (Å²) >= 11 is 0. The Morgan fingerprint density at radius 3 is 2.22 bits per heavy atom. The van der Waals surface area contributed by atoms with E-state index in [1.165, 1.54) is 126 Å². The van der Waals surface area contributed by atoms with Crippen molar-refractivity contribution in [2.24, 2.45) is 10.7 Å². The lowest BCUT2D eigenvalue weighted by Gasteiger charge is -2.43. The predicted octanol–water partition coefficient (Wildman–Crippen LogP) is 6.23. The Labute approximate surface area is 456 Å². The zero-order valence-corrected chi connectivity index (χ0v) is 45.5. The summed E-state index contributed by atoms with van der Waals surface area (Å²) < 4.78 is 19.0. The van der Waals surface area contributed by atoms with Crippen molar-refractivity contribution >= 4 is 29.1 Å². The van der Waals surface area contributed by atoms with Crippen LogP contribution in [-0.4, -0.2) is 129 Å². The first-order valence-electron chi connectivity index (χ1n) is 28.1. The summed E-state index contributed by atoms with van der Waals surface area (Å²) in [6, 6.07) is 2.74. The number of nitrogens with one attached hydrogen (secondary N) is 3. The minimum Gasteiger partial charge on any atom is -0.507 e. The van der Waals surface area contributed by atoms with E-state index < -0.39 is 102 Å². The number of phenols is 2.